The Morgan fingerprint density at radius 1 is 1.25 bits per heavy atom. The molecule has 4 nitrogen and oxygen atoms in total. The van der Waals surface area contributed by atoms with Crippen molar-refractivity contribution in [3.05, 3.63) is 57.0 Å². The van der Waals surface area contributed by atoms with Gasteiger partial charge in [-0.1, -0.05) is 12.1 Å². The predicted molar refractivity (Wildman–Crippen MR) is 91.8 cm³/mol. The van der Waals surface area contributed by atoms with Crippen molar-refractivity contribution in [1.82, 2.24) is 5.32 Å². The van der Waals surface area contributed by atoms with Crippen molar-refractivity contribution in [1.29, 1.82) is 0 Å². The summed E-state index contributed by atoms with van der Waals surface area (Å²) >= 11 is 1.52. The Balaban J connectivity index is 1.80. The Labute approximate surface area is 144 Å². The molecule has 0 aliphatic heterocycles. The Morgan fingerprint density at radius 3 is 2.50 bits per heavy atom. The molecule has 1 aromatic heterocycles. The van der Waals surface area contributed by atoms with Gasteiger partial charge in [-0.3, -0.25) is 4.79 Å². The van der Waals surface area contributed by atoms with Gasteiger partial charge >= 0.3 is 5.97 Å². The van der Waals surface area contributed by atoms with Gasteiger partial charge in [0.1, 0.15) is 5.82 Å². The molecule has 1 heterocycles. The summed E-state index contributed by atoms with van der Waals surface area (Å²) in [5, 5.41) is 2.71. The monoisotopic (exact) mass is 349 g/mol. The third-order valence-electron chi connectivity index (χ3n) is 3.54. The molecule has 2 rings (SSSR count). The molecular weight excluding hydrogens is 329 g/mol. The molecule has 128 valence electrons. The van der Waals surface area contributed by atoms with E-state index in [1.54, 1.807) is 25.1 Å². The zero-order valence-electron chi connectivity index (χ0n) is 13.9. The Hall–Kier alpha value is -2.21. The van der Waals surface area contributed by atoms with E-state index in [1.165, 1.54) is 23.5 Å². The Kier molecular flexibility index (Phi) is 6.09. The van der Waals surface area contributed by atoms with E-state index in [0.29, 0.717) is 18.5 Å². The summed E-state index contributed by atoms with van der Waals surface area (Å²) in [6, 6.07) is 7.88. The Bertz CT molecular complexity index is 724. The van der Waals surface area contributed by atoms with Crippen molar-refractivity contribution in [3.63, 3.8) is 0 Å². The third-order valence-corrected chi connectivity index (χ3v) is 4.51. The second kappa shape index (κ2) is 8.06. The summed E-state index contributed by atoms with van der Waals surface area (Å²) in [7, 11) is 0. The lowest BCUT2D eigenvalue weighted by atomic mass is 10.1. The topological polar surface area (TPSA) is 55.4 Å². The van der Waals surface area contributed by atoms with E-state index in [0.717, 1.165) is 15.3 Å². The van der Waals surface area contributed by atoms with E-state index in [9.17, 15) is 14.0 Å². The van der Waals surface area contributed by atoms with Gasteiger partial charge in [-0.25, -0.2) is 9.18 Å². The van der Waals surface area contributed by atoms with Crippen LogP contribution >= 0.6 is 11.3 Å². The normalized spacial score (nSPS) is 11.8. The maximum Gasteiger partial charge on any atom is 0.340 e. The second-order valence-corrected chi connectivity index (χ2v) is 7.00. The molecule has 0 spiro atoms. The maximum absolute atomic E-state index is 12.8. The lowest BCUT2D eigenvalue weighted by Crippen LogP contribution is -2.36. The highest BCUT2D eigenvalue weighted by molar-refractivity contribution is 7.12. The van der Waals surface area contributed by atoms with Crippen LogP contribution in [0.1, 0.15) is 32.6 Å². The van der Waals surface area contributed by atoms with E-state index in [2.05, 4.69) is 5.32 Å². The molecule has 0 fully saturated rings. The van der Waals surface area contributed by atoms with E-state index in [-0.39, 0.29) is 11.7 Å². The first-order chi connectivity index (χ1) is 11.4. The fourth-order valence-corrected chi connectivity index (χ4v) is 3.15. The average molecular weight is 349 g/mol. The smallest absolute Gasteiger partial charge is 0.340 e. The minimum absolute atomic E-state index is 0.290. The largest absolute Gasteiger partial charge is 0.449 e. The molecule has 0 saturated heterocycles. The number of nitrogens with one attached hydrogen (secondary N) is 1. The zero-order valence-corrected chi connectivity index (χ0v) is 14.7. The molecule has 1 aromatic carbocycles. The first kappa shape index (κ1) is 18.1. The van der Waals surface area contributed by atoms with Gasteiger partial charge < -0.3 is 10.1 Å². The van der Waals surface area contributed by atoms with Crippen LogP contribution in [0.3, 0.4) is 0 Å². The first-order valence-electron chi connectivity index (χ1n) is 7.67. The van der Waals surface area contributed by atoms with Gasteiger partial charge in [-0.05, 0) is 51.0 Å². The summed E-state index contributed by atoms with van der Waals surface area (Å²) in [6.07, 6.45) is -0.291. The lowest BCUT2D eigenvalue weighted by molar-refractivity contribution is -0.129. The van der Waals surface area contributed by atoms with Crippen LogP contribution in [0.4, 0.5) is 4.39 Å². The molecule has 1 atom stereocenters. The molecule has 24 heavy (non-hydrogen) atoms. The van der Waals surface area contributed by atoms with Crippen LogP contribution in [0, 0.1) is 19.7 Å². The molecule has 2 aromatic rings. The number of benzene rings is 1. The molecule has 0 aliphatic carbocycles. The van der Waals surface area contributed by atoms with Gasteiger partial charge in [0.15, 0.2) is 6.10 Å². The summed E-state index contributed by atoms with van der Waals surface area (Å²) in [6.45, 7) is 5.70. The zero-order chi connectivity index (χ0) is 17.7. The number of carbonyl (C=O) groups excluding carboxylic acids is 2. The van der Waals surface area contributed by atoms with Crippen LogP contribution < -0.4 is 5.32 Å². The van der Waals surface area contributed by atoms with Crippen LogP contribution in [0.5, 0.6) is 0 Å². The maximum atomic E-state index is 12.8. The van der Waals surface area contributed by atoms with Gasteiger partial charge in [0, 0.05) is 16.3 Å². The molecule has 0 unspecified atom stereocenters. The van der Waals surface area contributed by atoms with Crippen molar-refractivity contribution >= 4 is 23.2 Å². The predicted octanol–water partition coefficient (Wildman–Crippen LogP) is 3.41. The van der Waals surface area contributed by atoms with Crippen LogP contribution in [0.15, 0.2) is 30.3 Å². The van der Waals surface area contributed by atoms with Crippen LogP contribution in [0.25, 0.3) is 0 Å². The number of hydrogen-bond donors (Lipinski definition) is 1. The standard InChI is InChI=1S/C18H20FNO3S/c1-11-10-16(13(3)24-11)18(22)23-12(2)17(21)20-9-8-14-4-6-15(19)7-5-14/h4-7,10,12H,8-9H2,1-3H3,(H,20,21)/t12-/m0/s1. The minimum Gasteiger partial charge on any atom is -0.449 e. The molecular formula is C18H20FNO3S. The first-order valence-corrected chi connectivity index (χ1v) is 8.48. The van der Waals surface area contributed by atoms with E-state index < -0.39 is 12.1 Å². The van der Waals surface area contributed by atoms with Crippen molar-refractivity contribution < 1.29 is 18.7 Å². The highest BCUT2D eigenvalue weighted by Crippen LogP contribution is 2.21. The van der Waals surface area contributed by atoms with E-state index in [1.807, 2.05) is 13.8 Å². The summed E-state index contributed by atoms with van der Waals surface area (Å²) < 4.78 is 18.0. The lowest BCUT2D eigenvalue weighted by Gasteiger charge is -2.13. The number of ether oxygens (including phenoxy) is 1. The number of carbonyl (C=O) groups is 2. The SMILES string of the molecule is Cc1cc(C(=O)O[C@@H](C)C(=O)NCCc2ccc(F)cc2)c(C)s1. The summed E-state index contributed by atoms with van der Waals surface area (Å²) in [5.41, 5.74) is 1.43. The third kappa shape index (κ3) is 4.89. The van der Waals surface area contributed by atoms with Crippen molar-refractivity contribution in [3.8, 4) is 0 Å². The molecule has 0 aliphatic rings. The van der Waals surface area contributed by atoms with Gasteiger partial charge in [-0.2, -0.15) is 0 Å². The molecule has 0 bridgehead atoms. The van der Waals surface area contributed by atoms with Gasteiger partial charge in [0.05, 0.1) is 5.56 Å². The average Bonchev–Trinajstić information content (AvgIpc) is 2.87. The molecule has 0 saturated carbocycles. The van der Waals surface area contributed by atoms with Crippen LogP contribution in [-0.4, -0.2) is 24.5 Å². The molecule has 0 radical (unpaired) electrons. The Morgan fingerprint density at radius 2 is 1.92 bits per heavy atom. The van der Waals surface area contributed by atoms with Crippen molar-refractivity contribution in [2.45, 2.75) is 33.3 Å². The number of aryl methyl sites for hydroxylation is 2. The van der Waals surface area contributed by atoms with Gasteiger partial charge in [-0.15, -0.1) is 11.3 Å². The summed E-state index contributed by atoms with van der Waals surface area (Å²) in [4.78, 5) is 26.0. The number of thiophene rings is 1. The molecule has 1 amide bonds. The molecule has 6 heteroatoms. The summed E-state index contributed by atoms with van der Waals surface area (Å²) in [5.74, 6) is -1.13. The fraction of sp³-hybridized carbons (Fsp3) is 0.333. The van der Waals surface area contributed by atoms with Crippen molar-refractivity contribution in [2.24, 2.45) is 0 Å². The highest BCUT2D eigenvalue weighted by atomic mass is 32.1. The van der Waals surface area contributed by atoms with Gasteiger partial charge in [0.25, 0.3) is 5.91 Å². The molecule has 1 N–H and O–H groups in total. The fourth-order valence-electron chi connectivity index (χ4n) is 2.24. The number of hydrogen-bond acceptors (Lipinski definition) is 4. The minimum atomic E-state index is -0.870. The number of halogens is 1. The number of rotatable bonds is 6. The van der Waals surface area contributed by atoms with E-state index >= 15 is 0 Å². The van der Waals surface area contributed by atoms with Crippen molar-refractivity contribution in [2.75, 3.05) is 6.54 Å². The van der Waals surface area contributed by atoms with E-state index in [4.69, 9.17) is 4.74 Å². The van der Waals surface area contributed by atoms with Gasteiger partial charge in [0.2, 0.25) is 0 Å². The number of amides is 1. The van der Waals surface area contributed by atoms with Crippen LogP contribution in [-0.2, 0) is 16.0 Å². The van der Waals surface area contributed by atoms with Crippen LogP contribution in [0.2, 0.25) is 0 Å². The number of esters is 1. The highest BCUT2D eigenvalue weighted by Gasteiger charge is 2.20. The quantitative estimate of drug-likeness (QED) is 0.813. The second-order valence-electron chi connectivity index (χ2n) is 5.54.